The molecule has 0 aliphatic carbocycles. The zero-order chi connectivity index (χ0) is 8.58. The fraction of sp³-hybridized carbons (Fsp3) is 1.00. The largest absolute Gasteiger partial charge is 0.389 e. The average molecular weight is 197 g/mol. The monoisotopic (exact) mass is 196 g/mol. The molecule has 0 rings (SSSR count). The number of hydrogen-bond donors (Lipinski definition) is 0. The van der Waals surface area contributed by atoms with E-state index in [1.807, 2.05) is 0 Å². The molecule has 0 aromatic carbocycles. The number of hydrogen-bond acceptors (Lipinski definition) is 2. The summed E-state index contributed by atoms with van der Waals surface area (Å²) in [5.41, 5.74) is 0. The lowest BCUT2D eigenvalue weighted by Gasteiger charge is -2.12. The van der Waals surface area contributed by atoms with Crippen molar-refractivity contribution < 1.29 is 21.6 Å². The molecule has 0 N–H and O–H groups in total. The van der Waals surface area contributed by atoms with E-state index in [2.05, 4.69) is 10.7 Å². The fourth-order valence-corrected chi connectivity index (χ4v) is 0.950. The second kappa shape index (κ2) is 2.58. The Morgan fingerprint density at radius 3 is 1.80 bits per heavy atom. The van der Waals surface area contributed by atoms with Gasteiger partial charge in [0.15, 0.2) is 6.17 Å². The standard InChI is InChI=1S/C3H4ClF3O2S/c1-2(5)3(6,7)10(4,8)9/h2H,1H3. The van der Waals surface area contributed by atoms with Crippen molar-refractivity contribution >= 4 is 19.7 Å². The Morgan fingerprint density at radius 2 is 1.80 bits per heavy atom. The van der Waals surface area contributed by atoms with Gasteiger partial charge < -0.3 is 0 Å². The molecule has 0 saturated carbocycles. The minimum Gasteiger partial charge on any atom is -0.240 e. The van der Waals surface area contributed by atoms with Crippen LogP contribution in [0.5, 0.6) is 0 Å². The summed E-state index contributed by atoms with van der Waals surface area (Å²) in [5.74, 6) is 0. The SMILES string of the molecule is CC(F)C(F)(F)S(=O)(=O)Cl. The maximum atomic E-state index is 12.0. The van der Waals surface area contributed by atoms with Crippen molar-refractivity contribution in [3.05, 3.63) is 0 Å². The first kappa shape index (κ1) is 10.0. The van der Waals surface area contributed by atoms with Crippen LogP contribution in [0.25, 0.3) is 0 Å². The maximum absolute atomic E-state index is 12.0. The van der Waals surface area contributed by atoms with E-state index in [9.17, 15) is 21.6 Å². The van der Waals surface area contributed by atoms with E-state index < -0.39 is 20.5 Å². The van der Waals surface area contributed by atoms with Gasteiger partial charge >= 0.3 is 14.3 Å². The van der Waals surface area contributed by atoms with Crippen LogP contribution in [0.1, 0.15) is 6.92 Å². The van der Waals surface area contributed by atoms with E-state index in [-0.39, 0.29) is 0 Å². The lowest BCUT2D eigenvalue weighted by Crippen LogP contribution is -2.33. The molecule has 10 heavy (non-hydrogen) atoms. The molecule has 0 saturated heterocycles. The van der Waals surface area contributed by atoms with Gasteiger partial charge in [-0.05, 0) is 6.92 Å². The maximum Gasteiger partial charge on any atom is 0.389 e. The van der Waals surface area contributed by atoms with Gasteiger partial charge in [0.2, 0.25) is 0 Å². The summed E-state index contributed by atoms with van der Waals surface area (Å²) < 4.78 is 55.4. The van der Waals surface area contributed by atoms with E-state index >= 15 is 0 Å². The Hall–Kier alpha value is 0.0300. The Morgan fingerprint density at radius 1 is 1.50 bits per heavy atom. The molecule has 0 radical (unpaired) electrons. The normalized spacial score (nSPS) is 16.9. The number of rotatable bonds is 2. The quantitative estimate of drug-likeness (QED) is 0.628. The lowest BCUT2D eigenvalue weighted by molar-refractivity contribution is 0.0161. The summed E-state index contributed by atoms with van der Waals surface area (Å²) in [4.78, 5) is 0. The van der Waals surface area contributed by atoms with Crippen molar-refractivity contribution in [2.45, 2.75) is 18.3 Å². The van der Waals surface area contributed by atoms with Gasteiger partial charge in [-0.25, -0.2) is 12.8 Å². The summed E-state index contributed by atoms with van der Waals surface area (Å²) in [5, 5.41) is -4.49. The van der Waals surface area contributed by atoms with Crippen molar-refractivity contribution in [3.63, 3.8) is 0 Å². The predicted octanol–water partition coefficient (Wildman–Crippen LogP) is 1.51. The van der Waals surface area contributed by atoms with Crippen LogP contribution in [0.2, 0.25) is 0 Å². The second-order valence-corrected chi connectivity index (χ2v) is 4.25. The topological polar surface area (TPSA) is 34.1 Å². The molecule has 62 valence electrons. The highest BCUT2D eigenvalue weighted by Crippen LogP contribution is 2.30. The molecule has 1 atom stereocenters. The predicted molar refractivity (Wildman–Crippen MR) is 30.3 cm³/mol. The van der Waals surface area contributed by atoms with Gasteiger partial charge in [0.25, 0.3) is 0 Å². The molecule has 0 aliphatic heterocycles. The number of alkyl halides is 3. The van der Waals surface area contributed by atoms with E-state index in [4.69, 9.17) is 0 Å². The molecule has 0 aliphatic rings. The van der Waals surface area contributed by atoms with Crippen LogP contribution < -0.4 is 0 Å². The van der Waals surface area contributed by atoms with Crippen molar-refractivity contribution in [1.29, 1.82) is 0 Å². The summed E-state index contributed by atoms with van der Waals surface area (Å²) in [6.45, 7) is 0.417. The van der Waals surface area contributed by atoms with Crippen LogP contribution in [0.4, 0.5) is 13.2 Å². The Bertz CT molecular complexity index is 210. The highest BCUT2D eigenvalue weighted by molar-refractivity contribution is 8.14. The van der Waals surface area contributed by atoms with Gasteiger partial charge in [-0.1, -0.05) is 0 Å². The zero-order valence-electron chi connectivity index (χ0n) is 4.81. The van der Waals surface area contributed by atoms with Crippen molar-refractivity contribution in [2.24, 2.45) is 0 Å². The molecule has 1 unspecified atom stereocenters. The first-order chi connectivity index (χ1) is 4.19. The van der Waals surface area contributed by atoms with Crippen molar-refractivity contribution in [3.8, 4) is 0 Å². The van der Waals surface area contributed by atoms with Gasteiger partial charge in [0, 0.05) is 10.7 Å². The van der Waals surface area contributed by atoms with Gasteiger partial charge in [0.1, 0.15) is 0 Å². The third-order valence-corrected chi connectivity index (χ3v) is 2.38. The second-order valence-electron chi connectivity index (χ2n) is 1.62. The molecule has 0 amide bonds. The molecule has 0 heterocycles. The minimum absolute atomic E-state index is 0.417. The van der Waals surface area contributed by atoms with Gasteiger partial charge in [-0.3, -0.25) is 0 Å². The molecule has 0 aromatic rings. The molecular formula is C3H4ClF3O2S. The average Bonchev–Trinajstić information content (AvgIpc) is 1.62. The molecule has 0 fully saturated rings. The van der Waals surface area contributed by atoms with Crippen molar-refractivity contribution in [2.75, 3.05) is 0 Å². The first-order valence-corrected chi connectivity index (χ1v) is 4.46. The molecular weight excluding hydrogens is 193 g/mol. The van der Waals surface area contributed by atoms with Crippen LogP contribution in [0.15, 0.2) is 0 Å². The van der Waals surface area contributed by atoms with Crippen LogP contribution in [0, 0.1) is 0 Å². The minimum atomic E-state index is -5.14. The van der Waals surface area contributed by atoms with Crippen LogP contribution in [0.3, 0.4) is 0 Å². The van der Waals surface area contributed by atoms with E-state index in [0.29, 0.717) is 6.92 Å². The molecule has 0 bridgehead atoms. The third-order valence-electron chi connectivity index (χ3n) is 0.788. The van der Waals surface area contributed by atoms with E-state index in [1.54, 1.807) is 0 Å². The highest BCUT2D eigenvalue weighted by Gasteiger charge is 2.49. The summed E-state index contributed by atoms with van der Waals surface area (Å²) in [6, 6.07) is 0. The van der Waals surface area contributed by atoms with Crippen LogP contribution in [-0.4, -0.2) is 19.8 Å². The molecule has 0 aromatic heterocycles. The van der Waals surface area contributed by atoms with Gasteiger partial charge in [-0.2, -0.15) is 8.78 Å². The highest BCUT2D eigenvalue weighted by atomic mass is 35.7. The summed E-state index contributed by atoms with van der Waals surface area (Å²) in [6.07, 6.45) is -2.80. The molecule has 7 heteroatoms. The number of halogens is 4. The third kappa shape index (κ3) is 1.76. The Labute approximate surface area is 60.4 Å². The molecule has 2 nitrogen and oxygen atoms in total. The Balaban J connectivity index is 4.76. The van der Waals surface area contributed by atoms with E-state index in [0.717, 1.165) is 0 Å². The van der Waals surface area contributed by atoms with Crippen molar-refractivity contribution in [1.82, 2.24) is 0 Å². The van der Waals surface area contributed by atoms with Gasteiger partial charge in [0.05, 0.1) is 0 Å². The van der Waals surface area contributed by atoms with E-state index in [1.165, 1.54) is 0 Å². The zero-order valence-corrected chi connectivity index (χ0v) is 6.39. The first-order valence-electron chi connectivity index (χ1n) is 2.15. The molecule has 0 spiro atoms. The smallest absolute Gasteiger partial charge is 0.240 e. The fourth-order valence-electron chi connectivity index (χ4n) is 0.194. The Kier molecular flexibility index (Phi) is 2.59. The summed E-state index contributed by atoms with van der Waals surface area (Å²) >= 11 is 0. The summed E-state index contributed by atoms with van der Waals surface area (Å²) in [7, 11) is -0.936. The van der Waals surface area contributed by atoms with Crippen LogP contribution >= 0.6 is 10.7 Å². The van der Waals surface area contributed by atoms with Crippen LogP contribution in [-0.2, 0) is 9.05 Å². The van der Waals surface area contributed by atoms with Gasteiger partial charge in [-0.15, -0.1) is 0 Å². The lowest BCUT2D eigenvalue weighted by atomic mass is 10.5.